The van der Waals surface area contributed by atoms with Gasteiger partial charge in [0.2, 0.25) is 0 Å². The molecule has 0 amide bonds. The number of aromatic nitrogens is 1. The molecule has 22 heavy (non-hydrogen) atoms. The van der Waals surface area contributed by atoms with Crippen LogP contribution in [0.15, 0.2) is 36.7 Å². The fourth-order valence-electron chi connectivity index (χ4n) is 3.52. The van der Waals surface area contributed by atoms with Crippen LogP contribution in [-0.2, 0) is 13.1 Å². The highest BCUT2D eigenvalue weighted by molar-refractivity contribution is 5.65. The summed E-state index contributed by atoms with van der Waals surface area (Å²) in [4.78, 5) is 6.86. The first kappa shape index (κ1) is 15.2. The lowest BCUT2D eigenvalue weighted by Gasteiger charge is -2.21. The Bertz CT molecular complexity index is 630. The fraction of sp³-hybridized carbons (Fsp3) is 0.450. The van der Waals surface area contributed by atoms with Gasteiger partial charge in [-0.1, -0.05) is 38.8 Å². The molecule has 1 aromatic heterocycles. The van der Waals surface area contributed by atoms with E-state index < -0.39 is 0 Å². The summed E-state index contributed by atoms with van der Waals surface area (Å²) in [6, 6.07) is 8.84. The van der Waals surface area contributed by atoms with Gasteiger partial charge in [-0.05, 0) is 47.2 Å². The zero-order chi connectivity index (χ0) is 15.5. The molecule has 2 heterocycles. The van der Waals surface area contributed by atoms with Crippen LogP contribution in [0.25, 0.3) is 11.1 Å². The number of fused-ring (bicyclic) bond motifs is 1. The largest absolute Gasteiger partial charge is 0.295 e. The molecule has 3 rings (SSSR count). The summed E-state index contributed by atoms with van der Waals surface area (Å²) in [5, 5.41) is 0. The Morgan fingerprint density at radius 3 is 2.64 bits per heavy atom. The monoisotopic (exact) mass is 294 g/mol. The Morgan fingerprint density at radius 1 is 1.14 bits per heavy atom. The first-order chi connectivity index (χ1) is 10.7. The first-order valence-corrected chi connectivity index (χ1v) is 8.46. The van der Waals surface area contributed by atoms with E-state index in [0.29, 0.717) is 0 Å². The van der Waals surface area contributed by atoms with Gasteiger partial charge in [-0.3, -0.25) is 9.88 Å². The zero-order valence-corrected chi connectivity index (χ0v) is 14.0. The van der Waals surface area contributed by atoms with Gasteiger partial charge >= 0.3 is 0 Å². The number of hydrogen-bond donors (Lipinski definition) is 0. The maximum absolute atomic E-state index is 4.25. The fourth-order valence-corrected chi connectivity index (χ4v) is 3.52. The molecule has 0 unspecified atom stereocenters. The SMILES string of the molecule is CCC(CC)CN1Cc2cc(-c3cccnc3)cc(C)c2C1. The van der Waals surface area contributed by atoms with Gasteiger partial charge in [0.05, 0.1) is 0 Å². The van der Waals surface area contributed by atoms with E-state index in [1.165, 1.54) is 41.6 Å². The summed E-state index contributed by atoms with van der Waals surface area (Å²) in [7, 11) is 0. The van der Waals surface area contributed by atoms with Crippen LogP contribution in [0.4, 0.5) is 0 Å². The van der Waals surface area contributed by atoms with E-state index in [0.717, 1.165) is 19.0 Å². The maximum atomic E-state index is 4.25. The predicted molar refractivity (Wildman–Crippen MR) is 92.6 cm³/mol. The Hall–Kier alpha value is -1.67. The van der Waals surface area contributed by atoms with E-state index in [1.54, 1.807) is 5.56 Å². The average Bonchev–Trinajstić information content (AvgIpc) is 2.96. The minimum atomic E-state index is 0.826. The van der Waals surface area contributed by atoms with Crippen molar-refractivity contribution in [1.82, 2.24) is 9.88 Å². The van der Waals surface area contributed by atoms with Crippen LogP contribution in [0.5, 0.6) is 0 Å². The highest BCUT2D eigenvalue weighted by Crippen LogP contribution is 2.32. The molecule has 0 spiro atoms. The summed E-state index contributed by atoms with van der Waals surface area (Å²) in [5.41, 5.74) is 6.98. The summed E-state index contributed by atoms with van der Waals surface area (Å²) < 4.78 is 0. The van der Waals surface area contributed by atoms with Crippen molar-refractivity contribution < 1.29 is 0 Å². The summed E-state index contributed by atoms with van der Waals surface area (Å²) >= 11 is 0. The van der Waals surface area contributed by atoms with Crippen molar-refractivity contribution in [3.8, 4) is 11.1 Å². The maximum Gasteiger partial charge on any atom is 0.0346 e. The summed E-state index contributed by atoms with van der Waals surface area (Å²) in [5.74, 6) is 0.826. The smallest absolute Gasteiger partial charge is 0.0346 e. The number of hydrogen-bond acceptors (Lipinski definition) is 2. The van der Waals surface area contributed by atoms with Gasteiger partial charge in [-0.2, -0.15) is 0 Å². The Labute approximate surface area is 134 Å². The molecule has 0 bridgehead atoms. The molecular formula is C20H26N2. The van der Waals surface area contributed by atoms with Gasteiger partial charge in [0.15, 0.2) is 0 Å². The van der Waals surface area contributed by atoms with Gasteiger partial charge < -0.3 is 0 Å². The van der Waals surface area contributed by atoms with E-state index in [1.807, 2.05) is 18.5 Å². The number of aryl methyl sites for hydroxylation is 1. The quantitative estimate of drug-likeness (QED) is 0.786. The van der Waals surface area contributed by atoms with Gasteiger partial charge in [0.25, 0.3) is 0 Å². The van der Waals surface area contributed by atoms with Crippen LogP contribution in [0.1, 0.15) is 43.4 Å². The van der Waals surface area contributed by atoms with E-state index in [-0.39, 0.29) is 0 Å². The molecule has 1 aliphatic heterocycles. The molecule has 116 valence electrons. The van der Waals surface area contributed by atoms with Crippen LogP contribution in [0.2, 0.25) is 0 Å². The minimum Gasteiger partial charge on any atom is -0.295 e. The third-order valence-electron chi connectivity index (χ3n) is 5.01. The zero-order valence-electron chi connectivity index (χ0n) is 14.0. The van der Waals surface area contributed by atoms with E-state index in [2.05, 4.69) is 48.9 Å². The van der Waals surface area contributed by atoms with Crippen molar-refractivity contribution in [2.75, 3.05) is 6.54 Å². The summed E-state index contributed by atoms with van der Waals surface area (Å²) in [6.07, 6.45) is 6.35. The van der Waals surface area contributed by atoms with Gasteiger partial charge in [-0.25, -0.2) is 0 Å². The lowest BCUT2D eigenvalue weighted by Crippen LogP contribution is -2.24. The highest BCUT2D eigenvalue weighted by Gasteiger charge is 2.23. The summed E-state index contributed by atoms with van der Waals surface area (Å²) in [6.45, 7) is 10.3. The van der Waals surface area contributed by atoms with Crippen LogP contribution in [0, 0.1) is 12.8 Å². The Kier molecular flexibility index (Phi) is 4.58. The van der Waals surface area contributed by atoms with E-state index >= 15 is 0 Å². The average molecular weight is 294 g/mol. The normalized spacial score (nSPS) is 14.5. The number of benzene rings is 1. The molecule has 1 aromatic carbocycles. The lowest BCUT2D eigenvalue weighted by molar-refractivity contribution is 0.228. The molecule has 0 atom stereocenters. The minimum absolute atomic E-state index is 0.826. The molecular weight excluding hydrogens is 268 g/mol. The van der Waals surface area contributed by atoms with E-state index in [9.17, 15) is 0 Å². The third kappa shape index (κ3) is 3.07. The molecule has 2 heteroatoms. The van der Waals surface area contributed by atoms with Crippen LogP contribution in [0.3, 0.4) is 0 Å². The first-order valence-electron chi connectivity index (χ1n) is 8.46. The molecule has 2 nitrogen and oxygen atoms in total. The molecule has 0 fully saturated rings. The Morgan fingerprint density at radius 2 is 1.95 bits per heavy atom. The Balaban J connectivity index is 1.83. The van der Waals surface area contributed by atoms with Crippen molar-refractivity contribution in [2.24, 2.45) is 5.92 Å². The third-order valence-corrected chi connectivity index (χ3v) is 5.01. The van der Waals surface area contributed by atoms with Crippen LogP contribution < -0.4 is 0 Å². The number of nitrogens with zero attached hydrogens (tertiary/aromatic N) is 2. The van der Waals surface area contributed by atoms with Crippen LogP contribution in [-0.4, -0.2) is 16.4 Å². The molecule has 0 aliphatic carbocycles. The predicted octanol–water partition coefficient (Wildman–Crippen LogP) is 4.81. The number of rotatable bonds is 5. The second kappa shape index (κ2) is 6.62. The van der Waals surface area contributed by atoms with Crippen molar-refractivity contribution in [3.05, 3.63) is 53.3 Å². The van der Waals surface area contributed by atoms with Crippen LogP contribution >= 0.6 is 0 Å². The van der Waals surface area contributed by atoms with Gasteiger partial charge in [-0.15, -0.1) is 0 Å². The molecule has 0 saturated heterocycles. The van der Waals surface area contributed by atoms with Crippen molar-refractivity contribution >= 4 is 0 Å². The molecule has 1 aliphatic rings. The van der Waals surface area contributed by atoms with Gasteiger partial charge in [0, 0.05) is 37.6 Å². The van der Waals surface area contributed by atoms with Crippen molar-refractivity contribution in [3.63, 3.8) is 0 Å². The topological polar surface area (TPSA) is 16.1 Å². The standard InChI is InChI=1S/C20H26N2/c1-4-16(5-2)12-22-13-19-10-18(9-15(3)20(19)14-22)17-7-6-8-21-11-17/h6-11,16H,4-5,12-14H2,1-3H3. The second-order valence-corrected chi connectivity index (χ2v) is 6.52. The second-order valence-electron chi connectivity index (χ2n) is 6.52. The molecule has 0 radical (unpaired) electrons. The lowest BCUT2D eigenvalue weighted by atomic mass is 9.97. The number of pyridine rings is 1. The molecule has 0 N–H and O–H groups in total. The van der Waals surface area contributed by atoms with Crippen molar-refractivity contribution in [1.29, 1.82) is 0 Å². The molecule has 0 saturated carbocycles. The van der Waals surface area contributed by atoms with E-state index in [4.69, 9.17) is 0 Å². The van der Waals surface area contributed by atoms with Crippen molar-refractivity contribution in [2.45, 2.75) is 46.7 Å². The van der Waals surface area contributed by atoms with Gasteiger partial charge in [0.1, 0.15) is 0 Å². The molecule has 2 aromatic rings. The highest BCUT2D eigenvalue weighted by atomic mass is 15.1.